The van der Waals surface area contributed by atoms with E-state index in [1.807, 2.05) is 19.9 Å². The molecule has 1 unspecified atom stereocenters. The summed E-state index contributed by atoms with van der Waals surface area (Å²) in [5.41, 5.74) is 1.59. The molecule has 1 aliphatic heterocycles. The van der Waals surface area contributed by atoms with Gasteiger partial charge in [-0.25, -0.2) is 8.78 Å². The normalized spacial score (nSPS) is 16.7. The fourth-order valence-electron chi connectivity index (χ4n) is 3.11. The van der Waals surface area contributed by atoms with E-state index in [-0.39, 0.29) is 24.8 Å². The summed E-state index contributed by atoms with van der Waals surface area (Å²) in [5.74, 6) is -3.35. The van der Waals surface area contributed by atoms with E-state index >= 15 is 0 Å². The molecule has 1 atom stereocenters. The summed E-state index contributed by atoms with van der Waals surface area (Å²) >= 11 is 0. The Morgan fingerprint density at radius 2 is 1.93 bits per heavy atom. The quantitative estimate of drug-likeness (QED) is 0.764. The van der Waals surface area contributed by atoms with Crippen LogP contribution in [0.4, 0.5) is 20.2 Å². The number of hydrogen-bond donors (Lipinski definition) is 1. The SMILES string of the molecule is CC(C)OCc1cccc(NC(=O)C2CCN(c3cc(F)cc(F)c3)C2=O)c1. The first-order valence-electron chi connectivity index (χ1n) is 9.12. The van der Waals surface area contributed by atoms with Crippen molar-refractivity contribution in [3.05, 3.63) is 59.7 Å². The maximum absolute atomic E-state index is 13.4. The highest BCUT2D eigenvalue weighted by molar-refractivity contribution is 6.13. The minimum absolute atomic E-state index is 0.0907. The third-order valence-electron chi connectivity index (χ3n) is 4.46. The minimum atomic E-state index is -0.901. The van der Waals surface area contributed by atoms with Crippen LogP contribution in [0.2, 0.25) is 0 Å². The van der Waals surface area contributed by atoms with Crippen LogP contribution in [0.25, 0.3) is 0 Å². The third kappa shape index (κ3) is 4.72. The Labute approximate surface area is 162 Å². The number of hydrogen-bond acceptors (Lipinski definition) is 3. The summed E-state index contributed by atoms with van der Waals surface area (Å²) in [6.07, 6.45) is 0.367. The fourth-order valence-corrected chi connectivity index (χ4v) is 3.11. The van der Waals surface area contributed by atoms with Crippen LogP contribution in [0.3, 0.4) is 0 Å². The molecule has 7 heteroatoms. The summed E-state index contributed by atoms with van der Waals surface area (Å²) in [6, 6.07) is 10.1. The first-order chi connectivity index (χ1) is 13.3. The van der Waals surface area contributed by atoms with Crippen molar-refractivity contribution in [2.45, 2.75) is 33.0 Å². The van der Waals surface area contributed by atoms with Crippen LogP contribution >= 0.6 is 0 Å². The molecule has 1 aliphatic rings. The average molecular weight is 388 g/mol. The molecule has 1 saturated heterocycles. The molecule has 28 heavy (non-hydrogen) atoms. The Balaban J connectivity index is 1.67. The van der Waals surface area contributed by atoms with E-state index < -0.39 is 29.4 Å². The number of benzene rings is 2. The summed E-state index contributed by atoms with van der Waals surface area (Å²) in [4.78, 5) is 26.4. The second kappa shape index (κ2) is 8.48. The topological polar surface area (TPSA) is 58.6 Å². The lowest BCUT2D eigenvalue weighted by Gasteiger charge is -2.17. The van der Waals surface area contributed by atoms with Gasteiger partial charge in [0.2, 0.25) is 11.8 Å². The number of ether oxygens (including phenoxy) is 1. The number of nitrogens with one attached hydrogen (secondary N) is 1. The summed E-state index contributed by atoms with van der Waals surface area (Å²) in [5, 5.41) is 2.75. The molecule has 148 valence electrons. The lowest BCUT2D eigenvalue weighted by atomic mass is 10.1. The van der Waals surface area contributed by atoms with Crippen LogP contribution in [-0.2, 0) is 20.9 Å². The zero-order chi connectivity index (χ0) is 20.3. The molecule has 0 radical (unpaired) electrons. The van der Waals surface area contributed by atoms with Crippen LogP contribution in [-0.4, -0.2) is 24.5 Å². The largest absolute Gasteiger partial charge is 0.374 e. The van der Waals surface area contributed by atoms with Gasteiger partial charge in [-0.3, -0.25) is 9.59 Å². The highest BCUT2D eigenvalue weighted by Gasteiger charge is 2.38. The summed E-state index contributed by atoms with van der Waals surface area (Å²) < 4.78 is 32.4. The number of halogens is 2. The molecular weight excluding hydrogens is 366 g/mol. The van der Waals surface area contributed by atoms with Crippen molar-refractivity contribution in [3.8, 4) is 0 Å². The zero-order valence-electron chi connectivity index (χ0n) is 15.7. The molecule has 1 N–H and O–H groups in total. The first-order valence-corrected chi connectivity index (χ1v) is 9.12. The number of amides is 2. The van der Waals surface area contributed by atoms with Crippen molar-refractivity contribution in [1.29, 1.82) is 0 Å². The third-order valence-corrected chi connectivity index (χ3v) is 4.46. The van der Waals surface area contributed by atoms with Crippen molar-refractivity contribution in [1.82, 2.24) is 0 Å². The summed E-state index contributed by atoms with van der Waals surface area (Å²) in [7, 11) is 0. The number of anilines is 2. The van der Waals surface area contributed by atoms with Crippen LogP contribution in [0, 0.1) is 17.6 Å². The molecule has 5 nitrogen and oxygen atoms in total. The van der Waals surface area contributed by atoms with Gasteiger partial charge in [-0.2, -0.15) is 0 Å². The van der Waals surface area contributed by atoms with Gasteiger partial charge in [0.1, 0.15) is 17.6 Å². The van der Waals surface area contributed by atoms with E-state index in [1.54, 1.807) is 18.2 Å². The molecule has 2 aromatic rings. The first kappa shape index (κ1) is 19.9. The van der Waals surface area contributed by atoms with Crippen LogP contribution in [0.15, 0.2) is 42.5 Å². The zero-order valence-corrected chi connectivity index (χ0v) is 15.7. The van der Waals surface area contributed by atoms with Gasteiger partial charge in [0.15, 0.2) is 0 Å². The molecule has 1 heterocycles. The highest BCUT2D eigenvalue weighted by atomic mass is 19.1. The van der Waals surface area contributed by atoms with Crippen molar-refractivity contribution in [2.24, 2.45) is 5.92 Å². The monoisotopic (exact) mass is 388 g/mol. The van der Waals surface area contributed by atoms with E-state index in [0.29, 0.717) is 12.3 Å². The van der Waals surface area contributed by atoms with E-state index in [4.69, 9.17) is 4.74 Å². The average Bonchev–Trinajstić information content (AvgIpc) is 3.01. The molecule has 0 saturated carbocycles. The molecule has 0 aromatic heterocycles. The number of nitrogens with zero attached hydrogens (tertiary/aromatic N) is 1. The van der Waals surface area contributed by atoms with E-state index in [0.717, 1.165) is 23.8 Å². The molecule has 2 amide bonds. The molecule has 0 bridgehead atoms. The van der Waals surface area contributed by atoms with Gasteiger partial charge < -0.3 is 15.0 Å². The van der Waals surface area contributed by atoms with Crippen LogP contribution in [0.1, 0.15) is 25.8 Å². The van der Waals surface area contributed by atoms with Gasteiger partial charge in [-0.05, 0) is 50.1 Å². The Bertz CT molecular complexity index is 865. The van der Waals surface area contributed by atoms with Gasteiger partial charge in [-0.15, -0.1) is 0 Å². The van der Waals surface area contributed by atoms with Crippen molar-refractivity contribution in [3.63, 3.8) is 0 Å². The molecule has 2 aromatic carbocycles. The van der Waals surface area contributed by atoms with E-state index in [2.05, 4.69) is 5.32 Å². The predicted molar refractivity (Wildman–Crippen MR) is 102 cm³/mol. The minimum Gasteiger partial charge on any atom is -0.374 e. The lowest BCUT2D eigenvalue weighted by Crippen LogP contribution is -2.33. The molecule has 3 rings (SSSR count). The second-order valence-electron chi connectivity index (χ2n) is 7.01. The van der Waals surface area contributed by atoms with E-state index in [9.17, 15) is 18.4 Å². The van der Waals surface area contributed by atoms with E-state index in [1.165, 1.54) is 4.90 Å². The van der Waals surface area contributed by atoms with Gasteiger partial charge in [0.05, 0.1) is 12.7 Å². The highest BCUT2D eigenvalue weighted by Crippen LogP contribution is 2.27. The van der Waals surface area contributed by atoms with Gasteiger partial charge in [0, 0.05) is 24.0 Å². The maximum atomic E-state index is 13.4. The Hall–Kier alpha value is -2.80. The Morgan fingerprint density at radius 1 is 1.21 bits per heavy atom. The predicted octanol–water partition coefficient (Wildman–Crippen LogP) is 3.88. The van der Waals surface area contributed by atoms with Crippen LogP contribution < -0.4 is 10.2 Å². The Morgan fingerprint density at radius 3 is 2.61 bits per heavy atom. The smallest absolute Gasteiger partial charge is 0.239 e. The van der Waals surface area contributed by atoms with Crippen molar-refractivity contribution in [2.75, 3.05) is 16.8 Å². The fraction of sp³-hybridized carbons (Fsp3) is 0.333. The number of rotatable bonds is 6. The lowest BCUT2D eigenvalue weighted by molar-refractivity contribution is -0.129. The Kier molecular flexibility index (Phi) is 6.04. The van der Waals surface area contributed by atoms with Crippen molar-refractivity contribution >= 4 is 23.2 Å². The molecular formula is C21H22F2N2O3. The number of carbonyl (C=O) groups is 2. The van der Waals surface area contributed by atoms with Gasteiger partial charge >= 0.3 is 0 Å². The second-order valence-corrected chi connectivity index (χ2v) is 7.01. The maximum Gasteiger partial charge on any atom is 0.239 e. The molecule has 0 aliphatic carbocycles. The van der Waals surface area contributed by atoms with Gasteiger partial charge in [-0.1, -0.05) is 12.1 Å². The summed E-state index contributed by atoms with van der Waals surface area (Å²) in [6.45, 7) is 4.52. The standard InChI is InChI=1S/C21H22F2N2O3/c1-13(2)28-12-14-4-3-5-17(8-14)24-20(26)19-6-7-25(21(19)27)18-10-15(22)9-16(23)11-18/h3-5,8-11,13,19H,6-7,12H2,1-2H3,(H,24,26). The molecule has 1 fully saturated rings. The number of carbonyl (C=O) groups excluding carboxylic acids is 2. The van der Waals surface area contributed by atoms with Crippen LogP contribution in [0.5, 0.6) is 0 Å². The molecule has 0 spiro atoms. The van der Waals surface area contributed by atoms with Gasteiger partial charge in [0.25, 0.3) is 0 Å². The van der Waals surface area contributed by atoms with Crippen molar-refractivity contribution < 1.29 is 23.1 Å².